The molecule has 1 fully saturated rings. The zero-order chi connectivity index (χ0) is 19.1. The number of nitrogens with zero attached hydrogens (tertiary/aromatic N) is 2. The zero-order valence-corrected chi connectivity index (χ0v) is 19.0. The van der Waals surface area contributed by atoms with E-state index in [2.05, 4.69) is 91.6 Å². The molecule has 1 aliphatic rings. The van der Waals surface area contributed by atoms with Gasteiger partial charge in [-0.2, -0.15) is 0 Å². The average Bonchev–Trinajstić information content (AvgIpc) is 2.86. The third kappa shape index (κ3) is 4.12. The van der Waals surface area contributed by atoms with Crippen LogP contribution in [-0.4, -0.2) is 40.3 Å². The molecule has 0 spiro atoms. The summed E-state index contributed by atoms with van der Waals surface area (Å²) in [4.78, 5) is 2.44. The lowest BCUT2D eigenvalue weighted by atomic mass is 9.92. The van der Waals surface area contributed by atoms with Gasteiger partial charge in [-0.25, -0.2) is 0 Å². The smallest absolute Gasteiger partial charge is 0.0845 e. The quantitative estimate of drug-likeness (QED) is 0.508. The first kappa shape index (κ1) is 19.4. The molecule has 3 atom stereocenters. The Hall–Kier alpha value is -0.880. The van der Waals surface area contributed by atoms with Gasteiger partial charge < -0.3 is 14.6 Å². The number of fused-ring (bicyclic) bond motifs is 3. The standard InChI is InChI=1S/C22H26Br2N2O/c1-14-7-15(2)11-25(10-14)12-18(27)13-26-21-5-3-16(23)8-19(21)20-9-17(24)4-6-22(20)26/h3-6,8-9,14-15,18,27H,7,10-13H2,1-2H3/t14-,15-,18-/m1/s1. The summed E-state index contributed by atoms with van der Waals surface area (Å²) in [6, 6.07) is 12.8. The van der Waals surface area contributed by atoms with Crippen LogP contribution in [0.5, 0.6) is 0 Å². The summed E-state index contributed by atoms with van der Waals surface area (Å²) in [7, 11) is 0. The van der Waals surface area contributed by atoms with Crippen molar-refractivity contribution in [1.29, 1.82) is 0 Å². The summed E-state index contributed by atoms with van der Waals surface area (Å²) in [5.41, 5.74) is 2.34. The second-order valence-electron chi connectivity index (χ2n) is 8.25. The van der Waals surface area contributed by atoms with Gasteiger partial charge in [0.15, 0.2) is 0 Å². The molecule has 3 aromatic rings. The summed E-state index contributed by atoms with van der Waals surface area (Å²) in [6.07, 6.45) is 0.914. The molecule has 0 bridgehead atoms. The van der Waals surface area contributed by atoms with Gasteiger partial charge in [0.2, 0.25) is 0 Å². The number of halogens is 2. The van der Waals surface area contributed by atoms with E-state index in [0.29, 0.717) is 18.4 Å². The maximum absolute atomic E-state index is 10.9. The van der Waals surface area contributed by atoms with E-state index < -0.39 is 0 Å². The number of likely N-dealkylation sites (tertiary alicyclic amines) is 1. The zero-order valence-electron chi connectivity index (χ0n) is 15.8. The van der Waals surface area contributed by atoms with Crippen molar-refractivity contribution in [2.24, 2.45) is 11.8 Å². The minimum atomic E-state index is -0.381. The van der Waals surface area contributed by atoms with Crippen LogP contribution in [-0.2, 0) is 6.54 Å². The van der Waals surface area contributed by atoms with Crippen LogP contribution in [0.4, 0.5) is 0 Å². The van der Waals surface area contributed by atoms with Gasteiger partial charge >= 0.3 is 0 Å². The summed E-state index contributed by atoms with van der Waals surface area (Å²) in [5, 5.41) is 13.3. The molecule has 2 aromatic carbocycles. The third-order valence-corrected chi connectivity index (χ3v) is 6.58. The summed E-state index contributed by atoms with van der Waals surface area (Å²) >= 11 is 7.19. The molecule has 4 rings (SSSR count). The van der Waals surface area contributed by atoms with Crippen molar-refractivity contribution in [2.45, 2.75) is 32.9 Å². The fourth-order valence-corrected chi connectivity index (χ4v) is 5.48. The van der Waals surface area contributed by atoms with Gasteiger partial charge in [-0.1, -0.05) is 45.7 Å². The molecular formula is C22H26Br2N2O. The Morgan fingerprint density at radius 1 is 0.926 bits per heavy atom. The van der Waals surface area contributed by atoms with Crippen molar-refractivity contribution in [3.8, 4) is 0 Å². The van der Waals surface area contributed by atoms with E-state index in [1.165, 1.54) is 28.2 Å². The van der Waals surface area contributed by atoms with Crippen LogP contribution in [0.3, 0.4) is 0 Å². The fourth-order valence-electron chi connectivity index (χ4n) is 4.75. The molecule has 0 amide bonds. The van der Waals surface area contributed by atoms with Gasteiger partial charge in [-0.3, -0.25) is 0 Å². The second kappa shape index (κ2) is 7.86. The van der Waals surface area contributed by atoms with Crippen molar-refractivity contribution < 1.29 is 5.11 Å². The maximum atomic E-state index is 10.9. The Morgan fingerprint density at radius 2 is 1.44 bits per heavy atom. The van der Waals surface area contributed by atoms with Crippen molar-refractivity contribution in [3.05, 3.63) is 45.3 Å². The Labute approximate surface area is 177 Å². The lowest BCUT2D eigenvalue weighted by molar-refractivity contribution is 0.0626. The number of hydrogen-bond acceptors (Lipinski definition) is 2. The normalized spacial score (nSPS) is 22.6. The largest absolute Gasteiger partial charge is 0.390 e. The van der Waals surface area contributed by atoms with Crippen LogP contribution < -0.4 is 0 Å². The Kier molecular flexibility index (Phi) is 5.66. The highest BCUT2D eigenvalue weighted by Crippen LogP contribution is 2.33. The minimum absolute atomic E-state index is 0.381. The number of rotatable bonds is 4. The third-order valence-electron chi connectivity index (χ3n) is 5.60. The van der Waals surface area contributed by atoms with Crippen molar-refractivity contribution in [1.82, 2.24) is 9.47 Å². The van der Waals surface area contributed by atoms with E-state index >= 15 is 0 Å². The summed E-state index contributed by atoms with van der Waals surface area (Å²) in [5.74, 6) is 1.42. The summed E-state index contributed by atoms with van der Waals surface area (Å²) < 4.78 is 4.42. The highest BCUT2D eigenvalue weighted by atomic mass is 79.9. The monoisotopic (exact) mass is 492 g/mol. The van der Waals surface area contributed by atoms with Crippen molar-refractivity contribution in [3.63, 3.8) is 0 Å². The van der Waals surface area contributed by atoms with Gasteiger partial charge in [0, 0.05) is 50.4 Å². The highest BCUT2D eigenvalue weighted by Gasteiger charge is 2.24. The number of β-amino-alcohol motifs (C(OH)–C–C–N with tert-alkyl or cyclic N) is 1. The van der Waals surface area contributed by atoms with E-state index in [0.717, 1.165) is 28.6 Å². The second-order valence-corrected chi connectivity index (χ2v) is 10.1. The van der Waals surface area contributed by atoms with Gasteiger partial charge in [-0.15, -0.1) is 0 Å². The van der Waals surface area contributed by atoms with E-state index in [4.69, 9.17) is 0 Å². The molecule has 0 radical (unpaired) electrons. The van der Waals surface area contributed by atoms with Crippen LogP contribution >= 0.6 is 31.9 Å². The van der Waals surface area contributed by atoms with E-state index in [1.54, 1.807) is 0 Å². The molecule has 3 nitrogen and oxygen atoms in total. The topological polar surface area (TPSA) is 28.4 Å². The first-order valence-electron chi connectivity index (χ1n) is 9.68. The lowest BCUT2D eigenvalue weighted by Gasteiger charge is -2.36. The van der Waals surface area contributed by atoms with E-state index in [1.807, 2.05) is 0 Å². The van der Waals surface area contributed by atoms with Gasteiger partial charge in [-0.05, 0) is 54.7 Å². The Balaban J connectivity index is 1.64. The number of benzene rings is 2. The molecule has 5 heteroatoms. The van der Waals surface area contributed by atoms with E-state index in [9.17, 15) is 5.11 Å². The van der Waals surface area contributed by atoms with Crippen LogP contribution in [0, 0.1) is 11.8 Å². The predicted molar refractivity (Wildman–Crippen MR) is 120 cm³/mol. The van der Waals surface area contributed by atoms with E-state index in [-0.39, 0.29) is 6.10 Å². The molecule has 1 aromatic heterocycles. The predicted octanol–water partition coefficient (Wildman–Crippen LogP) is 5.66. The molecule has 0 saturated carbocycles. The van der Waals surface area contributed by atoms with Crippen LogP contribution in [0.15, 0.2) is 45.3 Å². The van der Waals surface area contributed by atoms with Gasteiger partial charge in [0.25, 0.3) is 0 Å². The van der Waals surface area contributed by atoms with Crippen LogP contribution in [0.25, 0.3) is 21.8 Å². The molecule has 1 N–H and O–H groups in total. The summed E-state index contributed by atoms with van der Waals surface area (Å²) in [6.45, 7) is 8.17. The van der Waals surface area contributed by atoms with Crippen LogP contribution in [0.1, 0.15) is 20.3 Å². The number of aromatic nitrogens is 1. The first-order chi connectivity index (χ1) is 12.9. The van der Waals surface area contributed by atoms with Crippen molar-refractivity contribution >= 4 is 53.7 Å². The molecule has 1 aliphatic heterocycles. The fraction of sp³-hybridized carbons (Fsp3) is 0.455. The SMILES string of the molecule is C[C@@H]1C[C@@H](C)CN(C[C@@H](O)Cn2c3ccc(Br)cc3c3cc(Br)ccc32)C1. The molecule has 1 saturated heterocycles. The molecule has 2 heterocycles. The molecule has 0 unspecified atom stereocenters. The number of aliphatic hydroxyl groups excluding tert-OH is 1. The van der Waals surface area contributed by atoms with Crippen LogP contribution in [0.2, 0.25) is 0 Å². The Morgan fingerprint density at radius 3 is 1.96 bits per heavy atom. The minimum Gasteiger partial charge on any atom is -0.390 e. The number of hydrogen-bond donors (Lipinski definition) is 1. The molecule has 27 heavy (non-hydrogen) atoms. The molecule has 0 aliphatic carbocycles. The first-order valence-corrected chi connectivity index (χ1v) is 11.3. The molecule has 144 valence electrons. The van der Waals surface area contributed by atoms with Gasteiger partial charge in [0.05, 0.1) is 12.6 Å². The van der Waals surface area contributed by atoms with Gasteiger partial charge in [0.1, 0.15) is 0 Å². The Bertz CT molecular complexity index is 899. The average molecular weight is 494 g/mol. The highest BCUT2D eigenvalue weighted by molar-refractivity contribution is 9.10. The molecular weight excluding hydrogens is 468 g/mol. The number of aliphatic hydroxyl groups is 1. The lowest BCUT2D eigenvalue weighted by Crippen LogP contribution is -2.43. The number of piperidine rings is 1. The maximum Gasteiger partial charge on any atom is 0.0845 e. The van der Waals surface area contributed by atoms with Crippen molar-refractivity contribution in [2.75, 3.05) is 19.6 Å².